The van der Waals surface area contributed by atoms with Gasteiger partial charge >= 0.3 is 0 Å². The van der Waals surface area contributed by atoms with Crippen molar-refractivity contribution >= 4 is 5.78 Å². The molecule has 1 nitrogen and oxygen atoms in total. The number of rotatable bonds is 3. The molecule has 0 heterocycles. The van der Waals surface area contributed by atoms with Crippen LogP contribution in [-0.4, -0.2) is 5.78 Å². The maximum atomic E-state index is 11.2. The molecule has 1 aromatic rings. The molecule has 0 aliphatic rings. The molecule has 1 rings (SSSR count). The molecule has 0 fully saturated rings. The van der Waals surface area contributed by atoms with Gasteiger partial charge in [-0.15, -0.1) is 0 Å². The molecule has 0 radical (unpaired) electrons. The van der Waals surface area contributed by atoms with Crippen LogP contribution < -0.4 is 0 Å². The molecule has 0 N–H and O–H groups in total. The Kier molecular flexibility index (Phi) is 6.73. The molecular formula is C13H20O. The van der Waals surface area contributed by atoms with E-state index in [2.05, 4.69) is 0 Å². The summed E-state index contributed by atoms with van der Waals surface area (Å²) >= 11 is 0. The Bertz CT molecular complexity index is 251. The van der Waals surface area contributed by atoms with Gasteiger partial charge in [0.15, 0.2) is 0 Å². The first-order chi connectivity index (χ1) is 6.75. The highest BCUT2D eigenvalue weighted by atomic mass is 16.1. The zero-order valence-corrected chi connectivity index (χ0v) is 9.58. The van der Waals surface area contributed by atoms with Gasteiger partial charge in [0.25, 0.3) is 0 Å². The zero-order valence-electron chi connectivity index (χ0n) is 9.58. The molecule has 14 heavy (non-hydrogen) atoms. The fourth-order valence-corrected chi connectivity index (χ4v) is 1.44. The zero-order chi connectivity index (χ0) is 11.0. The SMILES string of the molecule is CC.CC[C@H](C(C)=O)c1ccccc1. The van der Waals surface area contributed by atoms with Crippen LogP contribution in [0.4, 0.5) is 0 Å². The van der Waals surface area contributed by atoms with Crippen molar-refractivity contribution < 1.29 is 4.79 Å². The van der Waals surface area contributed by atoms with E-state index in [1.165, 1.54) is 0 Å². The van der Waals surface area contributed by atoms with Gasteiger partial charge in [0.05, 0.1) is 0 Å². The van der Waals surface area contributed by atoms with Crippen LogP contribution in [0.2, 0.25) is 0 Å². The van der Waals surface area contributed by atoms with E-state index in [-0.39, 0.29) is 11.7 Å². The van der Waals surface area contributed by atoms with E-state index < -0.39 is 0 Å². The Morgan fingerprint density at radius 1 is 1.21 bits per heavy atom. The van der Waals surface area contributed by atoms with E-state index >= 15 is 0 Å². The lowest BCUT2D eigenvalue weighted by Gasteiger charge is -2.10. The molecule has 1 aromatic carbocycles. The molecule has 0 aliphatic heterocycles. The first-order valence-electron chi connectivity index (χ1n) is 5.31. The van der Waals surface area contributed by atoms with Gasteiger partial charge in [0, 0.05) is 5.92 Å². The molecule has 0 saturated carbocycles. The second-order valence-corrected chi connectivity index (χ2v) is 2.98. The third kappa shape index (κ3) is 3.73. The van der Waals surface area contributed by atoms with Crippen LogP contribution in [0.3, 0.4) is 0 Å². The predicted octanol–water partition coefficient (Wildman–Crippen LogP) is 3.80. The number of carbonyl (C=O) groups is 1. The summed E-state index contributed by atoms with van der Waals surface area (Å²) in [6.07, 6.45) is 0.888. The Morgan fingerprint density at radius 2 is 1.71 bits per heavy atom. The lowest BCUT2D eigenvalue weighted by atomic mass is 9.93. The molecule has 0 amide bonds. The largest absolute Gasteiger partial charge is 0.299 e. The Morgan fingerprint density at radius 3 is 2.07 bits per heavy atom. The Balaban J connectivity index is 0.000000791. The van der Waals surface area contributed by atoms with Crippen LogP contribution in [0.5, 0.6) is 0 Å². The second kappa shape index (κ2) is 7.31. The van der Waals surface area contributed by atoms with Crippen molar-refractivity contribution in [2.75, 3.05) is 0 Å². The fraction of sp³-hybridized carbons (Fsp3) is 0.462. The highest BCUT2D eigenvalue weighted by Crippen LogP contribution is 2.19. The van der Waals surface area contributed by atoms with E-state index in [0.29, 0.717) is 0 Å². The van der Waals surface area contributed by atoms with Crippen LogP contribution in [0.25, 0.3) is 0 Å². The summed E-state index contributed by atoms with van der Waals surface area (Å²) in [5.74, 6) is 0.342. The molecule has 0 saturated heterocycles. The summed E-state index contributed by atoms with van der Waals surface area (Å²) in [4.78, 5) is 11.2. The lowest BCUT2D eigenvalue weighted by Crippen LogP contribution is -2.06. The van der Waals surface area contributed by atoms with Gasteiger partial charge < -0.3 is 0 Å². The van der Waals surface area contributed by atoms with Crippen molar-refractivity contribution in [1.82, 2.24) is 0 Å². The van der Waals surface area contributed by atoms with E-state index in [0.717, 1.165) is 12.0 Å². The summed E-state index contributed by atoms with van der Waals surface area (Å²) in [7, 11) is 0. The van der Waals surface area contributed by atoms with Gasteiger partial charge in [-0.1, -0.05) is 51.1 Å². The maximum Gasteiger partial charge on any atom is 0.137 e. The number of carbonyl (C=O) groups excluding carboxylic acids is 1. The van der Waals surface area contributed by atoms with Gasteiger partial charge in [0.2, 0.25) is 0 Å². The molecular weight excluding hydrogens is 172 g/mol. The lowest BCUT2D eigenvalue weighted by molar-refractivity contribution is -0.118. The highest BCUT2D eigenvalue weighted by Gasteiger charge is 2.12. The number of hydrogen-bond donors (Lipinski definition) is 0. The summed E-state index contributed by atoms with van der Waals surface area (Å²) in [6.45, 7) is 7.69. The first kappa shape index (κ1) is 12.9. The van der Waals surface area contributed by atoms with E-state index in [1.54, 1.807) is 6.92 Å². The summed E-state index contributed by atoms with van der Waals surface area (Å²) in [6, 6.07) is 9.93. The topological polar surface area (TPSA) is 17.1 Å². The molecule has 0 aromatic heterocycles. The van der Waals surface area contributed by atoms with Crippen molar-refractivity contribution in [3.05, 3.63) is 35.9 Å². The molecule has 0 aliphatic carbocycles. The van der Waals surface area contributed by atoms with Crippen molar-refractivity contribution in [3.63, 3.8) is 0 Å². The second-order valence-electron chi connectivity index (χ2n) is 2.98. The molecule has 0 bridgehead atoms. The first-order valence-corrected chi connectivity index (χ1v) is 5.31. The quantitative estimate of drug-likeness (QED) is 0.712. The minimum Gasteiger partial charge on any atom is -0.299 e. The Hall–Kier alpha value is -1.11. The van der Waals surface area contributed by atoms with Crippen LogP contribution in [0.15, 0.2) is 30.3 Å². The molecule has 78 valence electrons. The van der Waals surface area contributed by atoms with Crippen molar-refractivity contribution in [3.8, 4) is 0 Å². The van der Waals surface area contributed by atoms with E-state index in [1.807, 2.05) is 51.1 Å². The van der Waals surface area contributed by atoms with E-state index in [9.17, 15) is 4.79 Å². The smallest absolute Gasteiger partial charge is 0.137 e. The average molecular weight is 192 g/mol. The standard InChI is InChI=1S/C11H14O.C2H6/c1-3-11(9(2)12)10-7-5-4-6-8-10;1-2/h4-8,11H,3H2,1-2H3;1-2H3/t11-;/m1./s1. The van der Waals surface area contributed by atoms with Crippen LogP contribution in [0, 0.1) is 0 Å². The van der Waals surface area contributed by atoms with Crippen molar-refractivity contribution in [2.45, 2.75) is 40.0 Å². The van der Waals surface area contributed by atoms with Gasteiger partial charge in [-0.05, 0) is 18.9 Å². The monoisotopic (exact) mass is 192 g/mol. The average Bonchev–Trinajstić information content (AvgIpc) is 2.23. The number of ketones is 1. The third-order valence-corrected chi connectivity index (χ3v) is 2.10. The molecule has 0 unspecified atom stereocenters. The minimum atomic E-state index is 0.0891. The normalized spacial score (nSPS) is 11.1. The summed E-state index contributed by atoms with van der Waals surface area (Å²) in [5.41, 5.74) is 1.13. The van der Waals surface area contributed by atoms with Crippen LogP contribution in [-0.2, 0) is 4.79 Å². The van der Waals surface area contributed by atoms with Crippen molar-refractivity contribution in [2.24, 2.45) is 0 Å². The maximum absolute atomic E-state index is 11.2. The van der Waals surface area contributed by atoms with Gasteiger partial charge in [-0.25, -0.2) is 0 Å². The van der Waals surface area contributed by atoms with Gasteiger partial charge in [-0.2, -0.15) is 0 Å². The Labute approximate surface area is 87.2 Å². The minimum absolute atomic E-state index is 0.0891. The summed E-state index contributed by atoms with van der Waals surface area (Å²) in [5, 5.41) is 0. The predicted molar refractivity (Wildman–Crippen MR) is 61.5 cm³/mol. The molecule has 1 atom stereocenters. The van der Waals surface area contributed by atoms with Gasteiger partial charge in [-0.3, -0.25) is 4.79 Å². The highest BCUT2D eigenvalue weighted by molar-refractivity contribution is 5.83. The molecule has 0 spiro atoms. The number of Topliss-reactive ketones (excluding diaryl/α,β-unsaturated/α-hetero) is 1. The number of hydrogen-bond acceptors (Lipinski definition) is 1. The van der Waals surface area contributed by atoms with E-state index in [4.69, 9.17) is 0 Å². The van der Waals surface area contributed by atoms with Crippen LogP contribution >= 0.6 is 0 Å². The van der Waals surface area contributed by atoms with Gasteiger partial charge in [0.1, 0.15) is 5.78 Å². The fourth-order valence-electron chi connectivity index (χ4n) is 1.44. The summed E-state index contributed by atoms with van der Waals surface area (Å²) < 4.78 is 0. The van der Waals surface area contributed by atoms with Crippen molar-refractivity contribution in [1.29, 1.82) is 0 Å². The van der Waals surface area contributed by atoms with Crippen LogP contribution in [0.1, 0.15) is 45.6 Å². The third-order valence-electron chi connectivity index (χ3n) is 2.10. The molecule has 1 heteroatoms. The number of benzene rings is 1.